The normalized spacial score (nSPS) is 22.2. The molecule has 6 heteroatoms. The van der Waals surface area contributed by atoms with Gasteiger partial charge in [-0.2, -0.15) is 4.31 Å². The second kappa shape index (κ2) is 10.8. The zero-order valence-corrected chi connectivity index (χ0v) is 21.7. The summed E-state index contributed by atoms with van der Waals surface area (Å²) >= 11 is 0. The van der Waals surface area contributed by atoms with Crippen LogP contribution < -0.4 is 0 Å². The van der Waals surface area contributed by atoms with Crippen molar-refractivity contribution in [3.63, 3.8) is 0 Å². The average molecular weight is 507 g/mol. The van der Waals surface area contributed by atoms with Gasteiger partial charge in [0, 0.05) is 25.6 Å². The minimum Gasteiger partial charge on any atom is -0.303 e. The van der Waals surface area contributed by atoms with Gasteiger partial charge in [0.2, 0.25) is 10.0 Å². The zero-order valence-electron chi connectivity index (χ0n) is 20.9. The van der Waals surface area contributed by atoms with Crippen molar-refractivity contribution in [1.29, 1.82) is 0 Å². The second-order valence-electron chi connectivity index (χ2n) is 10.4. The Morgan fingerprint density at radius 3 is 2.22 bits per heavy atom. The molecule has 0 spiro atoms. The van der Waals surface area contributed by atoms with Crippen molar-refractivity contribution in [2.75, 3.05) is 32.7 Å². The van der Waals surface area contributed by atoms with E-state index in [2.05, 4.69) is 47.4 Å². The maximum absolute atomic E-state index is 13.7. The van der Waals surface area contributed by atoms with Crippen molar-refractivity contribution in [3.05, 3.63) is 101 Å². The van der Waals surface area contributed by atoms with E-state index in [1.165, 1.54) is 42.2 Å². The lowest BCUT2D eigenvalue weighted by Crippen LogP contribution is -2.39. The fourth-order valence-electron chi connectivity index (χ4n) is 5.98. The van der Waals surface area contributed by atoms with Gasteiger partial charge >= 0.3 is 0 Å². The van der Waals surface area contributed by atoms with Crippen LogP contribution in [0.5, 0.6) is 0 Å². The van der Waals surface area contributed by atoms with E-state index < -0.39 is 15.8 Å². The first-order valence-corrected chi connectivity index (χ1v) is 14.4. The van der Waals surface area contributed by atoms with Crippen molar-refractivity contribution in [2.24, 2.45) is 11.8 Å². The van der Waals surface area contributed by atoms with Gasteiger partial charge in [0.1, 0.15) is 5.82 Å². The van der Waals surface area contributed by atoms with E-state index in [1.807, 2.05) is 18.2 Å². The van der Waals surface area contributed by atoms with E-state index in [0.29, 0.717) is 24.6 Å². The first-order chi connectivity index (χ1) is 17.4. The van der Waals surface area contributed by atoms with Gasteiger partial charge in [-0.15, -0.1) is 0 Å². The van der Waals surface area contributed by atoms with E-state index in [4.69, 9.17) is 0 Å². The predicted octanol–water partition coefficient (Wildman–Crippen LogP) is 5.49. The Morgan fingerprint density at radius 1 is 0.889 bits per heavy atom. The molecule has 0 aromatic heterocycles. The van der Waals surface area contributed by atoms with Gasteiger partial charge in [-0.3, -0.25) is 0 Å². The highest BCUT2D eigenvalue weighted by Gasteiger charge is 2.41. The number of nitrogens with zero attached hydrogens (tertiary/aromatic N) is 2. The molecule has 2 heterocycles. The molecule has 0 unspecified atom stereocenters. The quantitative estimate of drug-likeness (QED) is 0.425. The van der Waals surface area contributed by atoms with Crippen molar-refractivity contribution in [2.45, 2.75) is 37.0 Å². The molecule has 0 amide bonds. The highest BCUT2D eigenvalue weighted by atomic mass is 32.2. The van der Waals surface area contributed by atoms with E-state index in [9.17, 15) is 12.8 Å². The van der Waals surface area contributed by atoms with Gasteiger partial charge in [-0.05, 0) is 86.0 Å². The fraction of sp³-hybridized carbons (Fsp3) is 0.400. The molecule has 0 radical (unpaired) electrons. The maximum Gasteiger partial charge on any atom is 0.243 e. The summed E-state index contributed by atoms with van der Waals surface area (Å²) in [6.45, 7) is 5.61. The topological polar surface area (TPSA) is 40.6 Å². The number of piperidine rings is 1. The van der Waals surface area contributed by atoms with Crippen LogP contribution in [0.15, 0.2) is 83.8 Å². The predicted molar refractivity (Wildman–Crippen MR) is 142 cm³/mol. The average Bonchev–Trinajstić information content (AvgIpc) is 3.31. The number of halogens is 1. The molecular weight excluding hydrogens is 471 g/mol. The molecule has 36 heavy (non-hydrogen) atoms. The Bertz CT molecular complexity index is 1260. The number of rotatable bonds is 7. The maximum atomic E-state index is 13.7. The summed E-state index contributed by atoms with van der Waals surface area (Å²) in [5.74, 6) is 0.649. The molecule has 0 aliphatic carbocycles. The van der Waals surface area contributed by atoms with Gasteiger partial charge in [0.05, 0.1) is 4.90 Å². The Balaban J connectivity index is 1.29. The molecule has 2 atom stereocenters. The number of hydrogen-bond donors (Lipinski definition) is 0. The monoisotopic (exact) mass is 506 g/mol. The zero-order chi connectivity index (χ0) is 25.1. The molecule has 2 aliphatic heterocycles. The lowest BCUT2D eigenvalue weighted by molar-refractivity contribution is 0.158. The summed E-state index contributed by atoms with van der Waals surface area (Å²) in [7, 11) is -3.70. The van der Waals surface area contributed by atoms with Crippen LogP contribution in [0.1, 0.15) is 35.4 Å². The van der Waals surface area contributed by atoms with Crippen LogP contribution in [0.3, 0.4) is 0 Å². The molecule has 3 aromatic rings. The van der Waals surface area contributed by atoms with Crippen molar-refractivity contribution in [1.82, 2.24) is 9.21 Å². The SMILES string of the molecule is Cc1cc(F)ccc1S(=O)(=O)N1C[C@H](CN2CCC(Cc3ccccc3)CC2)[C@H](c2ccccc2)C1. The lowest BCUT2D eigenvalue weighted by atomic mass is 9.86. The molecule has 0 saturated carbocycles. The van der Waals surface area contributed by atoms with Crippen molar-refractivity contribution >= 4 is 10.0 Å². The van der Waals surface area contributed by atoms with E-state index in [1.54, 1.807) is 11.2 Å². The van der Waals surface area contributed by atoms with Crippen LogP contribution in [0.2, 0.25) is 0 Å². The van der Waals surface area contributed by atoms with Crippen LogP contribution >= 0.6 is 0 Å². The molecule has 0 bridgehead atoms. The molecule has 3 aromatic carbocycles. The van der Waals surface area contributed by atoms with Crippen molar-refractivity contribution < 1.29 is 12.8 Å². The van der Waals surface area contributed by atoms with Crippen LogP contribution in [0.25, 0.3) is 0 Å². The Morgan fingerprint density at radius 2 is 1.56 bits per heavy atom. The molecule has 2 aliphatic rings. The number of aryl methyl sites for hydroxylation is 1. The summed E-state index contributed by atoms with van der Waals surface area (Å²) in [4.78, 5) is 2.74. The van der Waals surface area contributed by atoms with Crippen LogP contribution in [0.4, 0.5) is 4.39 Å². The summed E-state index contributed by atoms with van der Waals surface area (Å²) in [6.07, 6.45) is 3.48. The summed E-state index contributed by atoms with van der Waals surface area (Å²) < 4.78 is 42.5. The number of hydrogen-bond acceptors (Lipinski definition) is 3. The minimum absolute atomic E-state index is 0.142. The highest BCUT2D eigenvalue weighted by Crippen LogP contribution is 2.37. The first kappa shape index (κ1) is 25.1. The Hall–Kier alpha value is -2.54. The third-order valence-corrected chi connectivity index (χ3v) is 9.95. The minimum atomic E-state index is -3.70. The number of sulfonamides is 1. The summed E-state index contributed by atoms with van der Waals surface area (Å²) in [5, 5.41) is 0. The molecule has 4 nitrogen and oxygen atoms in total. The van der Waals surface area contributed by atoms with Gasteiger partial charge in [0.15, 0.2) is 0 Å². The number of benzene rings is 3. The molecule has 5 rings (SSSR count). The molecule has 2 saturated heterocycles. The Kier molecular flexibility index (Phi) is 7.56. The largest absolute Gasteiger partial charge is 0.303 e. The molecule has 0 N–H and O–H groups in total. The van der Waals surface area contributed by atoms with Crippen LogP contribution in [-0.4, -0.2) is 50.3 Å². The standard InChI is InChI=1S/C30H35FN2O2S/c1-23-18-28(31)12-13-30(23)36(34,35)33-21-27(29(22-33)26-10-6-3-7-11-26)20-32-16-14-25(15-17-32)19-24-8-4-2-5-9-24/h2-13,18,25,27,29H,14-17,19-22H2,1H3/t27-,29-/m0/s1. The Labute approximate surface area is 214 Å². The van der Waals surface area contributed by atoms with Crippen LogP contribution in [-0.2, 0) is 16.4 Å². The molecule has 2 fully saturated rings. The highest BCUT2D eigenvalue weighted by molar-refractivity contribution is 7.89. The van der Waals surface area contributed by atoms with E-state index in [0.717, 1.165) is 26.1 Å². The van der Waals surface area contributed by atoms with Gasteiger partial charge in [-0.1, -0.05) is 60.7 Å². The second-order valence-corrected chi connectivity index (χ2v) is 12.3. The number of likely N-dealkylation sites (tertiary alicyclic amines) is 1. The summed E-state index contributed by atoms with van der Waals surface area (Å²) in [5.41, 5.74) is 3.05. The molecule has 190 valence electrons. The van der Waals surface area contributed by atoms with Gasteiger partial charge in [-0.25, -0.2) is 12.8 Å². The summed E-state index contributed by atoms with van der Waals surface area (Å²) in [6, 6.07) is 25.0. The van der Waals surface area contributed by atoms with Gasteiger partial charge in [0.25, 0.3) is 0 Å². The fourth-order valence-corrected chi connectivity index (χ4v) is 7.71. The van der Waals surface area contributed by atoms with E-state index >= 15 is 0 Å². The third-order valence-electron chi connectivity index (χ3n) is 7.96. The van der Waals surface area contributed by atoms with Gasteiger partial charge < -0.3 is 4.90 Å². The third kappa shape index (κ3) is 5.56. The van der Waals surface area contributed by atoms with E-state index in [-0.39, 0.29) is 16.7 Å². The lowest BCUT2D eigenvalue weighted by Gasteiger charge is -2.34. The first-order valence-electron chi connectivity index (χ1n) is 13.0. The smallest absolute Gasteiger partial charge is 0.243 e. The van der Waals surface area contributed by atoms with Crippen molar-refractivity contribution in [3.8, 4) is 0 Å². The van der Waals surface area contributed by atoms with Crippen LogP contribution in [0, 0.1) is 24.6 Å². The molecular formula is C30H35FN2O2S.